The van der Waals surface area contributed by atoms with Gasteiger partial charge in [-0.15, -0.1) is 0 Å². The summed E-state index contributed by atoms with van der Waals surface area (Å²) in [5.41, 5.74) is 0.918. The number of pyridine rings is 1. The first-order chi connectivity index (χ1) is 7.40. The molecule has 0 saturated carbocycles. The van der Waals surface area contributed by atoms with Crippen molar-refractivity contribution in [1.29, 1.82) is 0 Å². The van der Waals surface area contributed by atoms with Gasteiger partial charge in [0.25, 0.3) is 0 Å². The van der Waals surface area contributed by atoms with E-state index < -0.39 is 0 Å². The molecule has 0 unspecified atom stereocenters. The number of para-hydroxylation sites is 1. The smallest absolute Gasteiger partial charge is 0.145 e. The maximum Gasteiger partial charge on any atom is 0.145 e. The third kappa shape index (κ3) is 2.23. The van der Waals surface area contributed by atoms with Crippen LogP contribution in [0.2, 0.25) is 0 Å². The number of rotatable bonds is 3. The molecule has 15 heavy (non-hydrogen) atoms. The highest BCUT2D eigenvalue weighted by Gasteiger charge is 2.00. The number of aromatic nitrogens is 1. The molecule has 1 aromatic heterocycles. The summed E-state index contributed by atoms with van der Waals surface area (Å²) >= 11 is 0. The molecule has 1 radical (unpaired) electrons. The van der Waals surface area contributed by atoms with Crippen LogP contribution in [0.1, 0.15) is 5.56 Å². The van der Waals surface area contributed by atoms with Crippen LogP contribution in [-0.2, 0) is 0 Å². The van der Waals surface area contributed by atoms with Crippen LogP contribution >= 0.6 is 0 Å². The maximum absolute atomic E-state index is 5.61. The van der Waals surface area contributed by atoms with E-state index in [0.717, 1.165) is 5.56 Å². The summed E-state index contributed by atoms with van der Waals surface area (Å²) in [7, 11) is 0. The Morgan fingerprint density at radius 3 is 3.00 bits per heavy atom. The normalized spacial score (nSPS) is 9.60. The second kappa shape index (κ2) is 4.42. The Morgan fingerprint density at radius 1 is 1.33 bits per heavy atom. The van der Waals surface area contributed by atoms with Gasteiger partial charge in [0.2, 0.25) is 0 Å². The van der Waals surface area contributed by atoms with Gasteiger partial charge in [-0.05, 0) is 12.1 Å². The van der Waals surface area contributed by atoms with Crippen LogP contribution in [-0.4, -0.2) is 4.98 Å². The van der Waals surface area contributed by atoms with E-state index in [-0.39, 0.29) is 0 Å². The van der Waals surface area contributed by atoms with Gasteiger partial charge in [-0.25, -0.2) is 0 Å². The van der Waals surface area contributed by atoms with E-state index in [1.54, 1.807) is 24.5 Å². The highest BCUT2D eigenvalue weighted by atomic mass is 16.5. The van der Waals surface area contributed by atoms with Gasteiger partial charge in [-0.3, -0.25) is 4.98 Å². The SMILES string of the molecule is C=Cc1ccc[c]c1Oc1cccnc1. The molecule has 73 valence electrons. The second-order valence-electron chi connectivity index (χ2n) is 2.95. The summed E-state index contributed by atoms with van der Waals surface area (Å²) in [5, 5.41) is 0. The Bertz CT molecular complexity index is 451. The van der Waals surface area contributed by atoms with Crippen LogP contribution in [0.5, 0.6) is 11.5 Å². The summed E-state index contributed by atoms with van der Waals surface area (Å²) in [5.74, 6) is 1.36. The second-order valence-corrected chi connectivity index (χ2v) is 2.95. The largest absolute Gasteiger partial charge is 0.454 e. The van der Waals surface area contributed by atoms with E-state index in [0.29, 0.717) is 11.5 Å². The number of benzene rings is 1. The fourth-order valence-corrected chi connectivity index (χ4v) is 1.21. The zero-order chi connectivity index (χ0) is 10.5. The van der Waals surface area contributed by atoms with E-state index in [2.05, 4.69) is 17.6 Å². The van der Waals surface area contributed by atoms with E-state index in [4.69, 9.17) is 4.74 Å². The number of hydrogen-bond acceptors (Lipinski definition) is 2. The zero-order valence-electron chi connectivity index (χ0n) is 8.18. The van der Waals surface area contributed by atoms with Crippen LogP contribution in [0.4, 0.5) is 0 Å². The summed E-state index contributed by atoms with van der Waals surface area (Å²) in [6.07, 6.45) is 5.10. The van der Waals surface area contributed by atoms with Gasteiger partial charge >= 0.3 is 0 Å². The summed E-state index contributed by atoms with van der Waals surface area (Å²) < 4.78 is 5.61. The van der Waals surface area contributed by atoms with Gasteiger partial charge in [-0.2, -0.15) is 0 Å². The van der Waals surface area contributed by atoms with Gasteiger partial charge in [0.1, 0.15) is 11.5 Å². The maximum atomic E-state index is 5.61. The molecule has 2 nitrogen and oxygen atoms in total. The molecule has 1 aromatic carbocycles. The zero-order valence-corrected chi connectivity index (χ0v) is 8.18. The van der Waals surface area contributed by atoms with Crippen LogP contribution in [0.25, 0.3) is 6.08 Å². The van der Waals surface area contributed by atoms with Gasteiger partial charge in [0.15, 0.2) is 0 Å². The summed E-state index contributed by atoms with van der Waals surface area (Å²) in [6, 6.07) is 12.3. The Morgan fingerprint density at radius 2 is 2.27 bits per heavy atom. The number of ether oxygens (including phenoxy) is 1. The highest BCUT2D eigenvalue weighted by molar-refractivity contribution is 5.55. The third-order valence-corrected chi connectivity index (χ3v) is 1.92. The molecule has 2 heteroatoms. The van der Waals surface area contributed by atoms with Crippen molar-refractivity contribution in [2.75, 3.05) is 0 Å². The molecular weight excluding hydrogens is 186 g/mol. The Kier molecular flexibility index (Phi) is 2.79. The van der Waals surface area contributed by atoms with Gasteiger partial charge in [0.05, 0.1) is 6.20 Å². The summed E-state index contributed by atoms with van der Waals surface area (Å²) in [6.45, 7) is 3.72. The highest BCUT2D eigenvalue weighted by Crippen LogP contribution is 2.24. The third-order valence-electron chi connectivity index (χ3n) is 1.92. The van der Waals surface area contributed by atoms with Crippen molar-refractivity contribution in [3.63, 3.8) is 0 Å². The van der Waals surface area contributed by atoms with Crippen LogP contribution in [0, 0.1) is 6.07 Å². The molecule has 0 spiro atoms. The molecule has 0 amide bonds. The average molecular weight is 196 g/mol. The quantitative estimate of drug-likeness (QED) is 0.751. The first kappa shape index (κ1) is 9.46. The molecule has 0 bridgehead atoms. The first-order valence-electron chi connectivity index (χ1n) is 4.61. The van der Waals surface area contributed by atoms with E-state index >= 15 is 0 Å². The molecule has 0 fully saturated rings. The molecule has 0 N–H and O–H groups in total. The minimum Gasteiger partial charge on any atom is -0.454 e. The van der Waals surface area contributed by atoms with Gasteiger partial charge < -0.3 is 4.74 Å². The van der Waals surface area contributed by atoms with E-state index in [9.17, 15) is 0 Å². The lowest BCUT2D eigenvalue weighted by atomic mass is 10.2. The molecule has 0 atom stereocenters. The van der Waals surface area contributed by atoms with Crippen molar-refractivity contribution < 1.29 is 4.74 Å². The fraction of sp³-hybridized carbons (Fsp3) is 0. The average Bonchev–Trinajstić information content (AvgIpc) is 2.31. The molecule has 2 rings (SSSR count). The topological polar surface area (TPSA) is 22.1 Å². The van der Waals surface area contributed by atoms with Gasteiger partial charge in [0, 0.05) is 17.8 Å². The molecule has 1 heterocycles. The standard InChI is InChI=1S/C13H10NO/c1-2-11-6-3-4-8-13(11)15-12-7-5-9-14-10-12/h2-7,9-10H,1H2. The van der Waals surface area contributed by atoms with Crippen molar-refractivity contribution >= 4 is 6.08 Å². The first-order valence-corrected chi connectivity index (χ1v) is 4.61. The summed E-state index contributed by atoms with van der Waals surface area (Å²) in [4.78, 5) is 3.97. The molecular formula is C13H10NO. The van der Waals surface area contributed by atoms with Crippen LogP contribution in [0.15, 0.2) is 49.3 Å². The lowest BCUT2D eigenvalue weighted by Crippen LogP contribution is -1.87. The van der Waals surface area contributed by atoms with Crippen molar-refractivity contribution in [3.8, 4) is 11.5 Å². The lowest BCUT2D eigenvalue weighted by molar-refractivity contribution is 0.478. The minimum absolute atomic E-state index is 0.667. The van der Waals surface area contributed by atoms with Crippen molar-refractivity contribution in [2.45, 2.75) is 0 Å². The predicted octanol–water partition coefficient (Wildman–Crippen LogP) is 3.32. The predicted molar refractivity (Wildman–Crippen MR) is 59.7 cm³/mol. The Hall–Kier alpha value is -2.09. The van der Waals surface area contributed by atoms with Crippen molar-refractivity contribution in [3.05, 3.63) is 60.9 Å². The van der Waals surface area contributed by atoms with Crippen molar-refractivity contribution in [2.24, 2.45) is 0 Å². The minimum atomic E-state index is 0.667. The van der Waals surface area contributed by atoms with E-state index in [1.807, 2.05) is 24.3 Å². The van der Waals surface area contributed by atoms with E-state index in [1.165, 1.54) is 0 Å². The molecule has 2 aromatic rings. The number of hydrogen-bond donors (Lipinski definition) is 0. The Balaban J connectivity index is 2.28. The number of nitrogens with zero attached hydrogens (tertiary/aromatic N) is 1. The van der Waals surface area contributed by atoms with Crippen molar-refractivity contribution in [1.82, 2.24) is 4.98 Å². The molecule has 0 aliphatic carbocycles. The van der Waals surface area contributed by atoms with Crippen LogP contribution < -0.4 is 4.74 Å². The monoisotopic (exact) mass is 196 g/mol. The Labute approximate surface area is 88.9 Å². The molecule has 0 aliphatic rings. The fourth-order valence-electron chi connectivity index (χ4n) is 1.21. The van der Waals surface area contributed by atoms with Crippen LogP contribution in [0.3, 0.4) is 0 Å². The lowest BCUT2D eigenvalue weighted by Gasteiger charge is -2.06. The molecule has 0 saturated heterocycles. The van der Waals surface area contributed by atoms with Gasteiger partial charge in [-0.1, -0.05) is 30.9 Å². The molecule has 0 aliphatic heterocycles.